The van der Waals surface area contributed by atoms with Crippen LogP contribution in [0.4, 0.5) is 24.5 Å². The van der Waals surface area contributed by atoms with E-state index >= 15 is 0 Å². The summed E-state index contributed by atoms with van der Waals surface area (Å²) in [7, 11) is -4.11. The summed E-state index contributed by atoms with van der Waals surface area (Å²) < 4.78 is 71.1. The summed E-state index contributed by atoms with van der Waals surface area (Å²) in [6.07, 6.45) is -3.88. The summed E-state index contributed by atoms with van der Waals surface area (Å²) in [5.41, 5.74) is -0.781. The van der Waals surface area contributed by atoms with Crippen LogP contribution in [-0.4, -0.2) is 20.9 Å². The highest BCUT2D eigenvalue weighted by molar-refractivity contribution is 7.92. The molecular weight excluding hydrogens is 457 g/mol. The van der Waals surface area contributed by atoms with Crippen LogP contribution in [0.3, 0.4) is 0 Å². The number of alkyl halides is 3. The normalized spacial score (nSPS) is 11.6. The molecule has 2 N–H and O–H groups in total. The molecule has 1 amide bonds. The lowest BCUT2D eigenvalue weighted by molar-refractivity contribution is -0.137. The van der Waals surface area contributed by atoms with E-state index in [9.17, 15) is 26.4 Å². The molecule has 0 aliphatic carbocycles. The molecule has 0 unspecified atom stereocenters. The molecule has 6 nitrogen and oxygen atoms in total. The standard InChI is InChI=1S/C23H21F3N2O4S/c24-23(25,26)17-6-4-7-19(16-17)28-33(30,31)21-13-11-18(12-14-21)27-22(29)10-5-15-32-20-8-2-1-3-9-20/h1-4,6-9,11-14,16,28H,5,10,15H2,(H,27,29). The van der Waals surface area contributed by atoms with Gasteiger partial charge in [-0.25, -0.2) is 8.42 Å². The van der Waals surface area contributed by atoms with Gasteiger partial charge in [0.1, 0.15) is 5.75 Å². The molecule has 0 saturated carbocycles. The van der Waals surface area contributed by atoms with Crippen LogP contribution < -0.4 is 14.8 Å². The molecule has 0 aromatic heterocycles. The summed E-state index contributed by atoms with van der Waals surface area (Å²) in [6, 6.07) is 18.4. The van der Waals surface area contributed by atoms with E-state index in [1.165, 1.54) is 30.3 Å². The van der Waals surface area contributed by atoms with Gasteiger partial charge in [-0.2, -0.15) is 13.2 Å². The smallest absolute Gasteiger partial charge is 0.416 e. The van der Waals surface area contributed by atoms with Crippen LogP contribution in [0, 0.1) is 0 Å². The van der Waals surface area contributed by atoms with Crippen molar-refractivity contribution in [3.05, 3.63) is 84.4 Å². The maximum Gasteiger partial charge on any atom is 0.416 e. The number of sulfonamides is 1. The van der Waals surface area contributed by atoms with Crippen LogP contribution in [-0.2, 0) is 21.0 Å². The summed E-state index contributed by atoms with van der Waals surface area (Å²) in [5.74, 6) is 0.456. The molecule has 33 heavy (non-hydrogen) atoms. The summed E-state index contributed by atoms with van der Waals surface area (Å²) in [6.45, 7) is 0.371. The predicted molar refractivity (Wildman–Crippen MR) is 118 cm³/mol. The number of benzene rings is 3. The van der Waals surface area contributed by atoms with Gasteiger partial charge in [0, 0.05) is 17.8 Å². The van der Waals surface area contributed by atoms with Gasteiger partial charge >= 0.3 is 6.18 Å². The number of ether oxygens (including phenoxy) is 1. The third-order valence-electron chi connectivity index (χ3n) is 4.45. The van der Waals surface area contributed by atoms with Gasteiger partial charge in [-0.05, 0) is 61.0 Å². The maximum absolute atomic E-state index is 12.8. The summed E-state index contributed by atoms with van der Waals surface area (Å²) >= 11 is 0. The van der Waals surface area contributed by atoms with E-state index < -0.39 is 21.8 Å². The molecule has 174 valence electrons. The first-order valence-corrected chi connectivity index (χ1v) is 11.4. The van der Waals surface area contributed by atoms with Gasteiger partial charge in [0.05, 0.1) is 17.1 Å². The Morgan fingerprint density at radius 2 is 1.58 bits per heavy atom. The van der Waals surface area contributed by atoms with Gasteiger partial charge in [0.15, 0.2) is 0 Å². The lowest BCUT2D eigenvalue weighted by atomic mass is 10.2. The maximum atomic E-state index is 12.8. The van der Waals surface area contributed by atoms with Crippen molar-refractivity contribution in [2.24, 2.45) is 0 Å². The van der Waals surface area contributed by atoms with Crippen LogP contribution in [0.15, 0.2) is 83.8 Å². The van der Waals surface area contributed by atoms with Gasteiger partial charge in [-0.15, -0.1) is 0 Å². The van der Waals surface area contributed by atoms with E-state index in [1.807, 2.05) is 30.3 Å². The predicted octanol–water partition coefficient (Wildman–Crippen LogP) is 5.30. The van der Waals surface area contributed by atoms with Crippen LogP contribution in [0.25, 0.3) is 0 Å². The van der Waals surface area contributed by atoms with E-state index in [0.717, 1.165) is 12.1 Å². The highest BCUT2D eigenvalue weighted by Crippen LogP contribution is 2.31. The van der Waals surface area contributed by atoms with Crippen LogP contribution in [0.5, 0.6) is 5.75 Å². The third-order valence-corrected chi connectivity index (χ3v) is 5.85. The number of halogens is 3. The number of nitrogens with one attached hydrogen (secondary N) is 2. The minimum absolute atomic E-state index is 0.158. The Hall–Kier alpha value is -3.53. The lowest BCUT2D eigenvalue weighted by Gasteiger charge is -2.12. The van der Waals surface area contributed by atoms with E-state index in [1.54, 1.807) is 0 Å². The molecule has 3 rings (SSSR count). The van der Waals surface area contributed by atoms with Crippen LogP contribution in [0.1, 0.15) is 18.4 Å². The Bertz CT molecular complexity index is 1180. The van der Waals surface area contributed by atoms with Crippen molar-refractivity contribution in [1.82, 2.24) is 0 Å². The van der Waals surface area contributed by atoms with Gasteiger partial charge in [0.25, 0.3) is 10.0 Å². The lowest BCUT2D eigenvalue weighted by Crippen LogP contribution is -2.15. The van der Waals surface area contributed by atoms with Gasteiger partial charge < -0.3 is 10.1 Å². The molecular formula is C23H21F3N2O4S. The topological polar surface area (TPSA) is 84.5 Å². The minimum atomic E-state index is -4.59. The number of anilines is 2. The zero-order valence-corrected chi connectivity index (χ0v) is 18.1. The SMILES string of the molecule is O=C(CCCOc1ccccc1)Nc1ccc(S(=O)(=O)Nc2cccc(C(F)(F)F)c2)cc1. The summed E-state index contributed by atoms with van der Waals surface area (Å²) in [5, 5.41) is 2.66. The average Bonchev–Trinajstić information content (AvgIpc) is 2.77. The second-order valence-electron chi connectivity index (χ2n) is 7.02. The van der Waals surface area contributed by atoms with E-state index in [2.05, 4.69) is 10.0 Å². The number of carbonyl (C=O) groups excluding carboxylic acids is 1. The number of hydrogen-bond acceptors (Lipinski definition) is 4. The Balaban J connectivity index is 1.53. The highest BCUT2D eigenvalue weighted by atomic mass is 32.2. The fourth-order valence-electron chi connectivity index (χ4n) is 2.85. The molecule has 3 aromatic carbocycles. The summed E-state index contributed by atoms with van der Waals surface area (Å²) in [4.78, 5) is 11.9. The fourth-order valence-corrected chi connectivity index (χ4v) is 3.90. The Kier molecular flexibility index (Phi) is 7.59. The van der Waals surface area contributed by atoms with Crippen molar-refractivity contribution in [1.29, 1.82) is 0 Å². The molecule has 0 heterocycles. The Morgan fingerprint density at radius 3 is 2.24 bits per heavy atom. The van der Waals surface area contributed by atoms with Gasteiger partial charge in [0.2, 0.25) is 5.91 Å². The monoisotopic (exact) mass is 478 g/mol. The van der Waals surface area contributed by atoms with Crippen molar-refractivity contribution >= 4 is 27.3 Å². The van der Waals surface area contributed by atoms with E-state index in [-0.39, 0.29) is 22.9 Å². The first kappa shape index (κ1) is 24.1. The second-order valence-corrected chi connectivity index (χ2v) is 8.70. The molecule has 0 spiro atoms. The van der Waals surface area contributed by atoms with Crippen molar-refractivity contribution in [3.63, 3.8) is 0 Å². The van der Waals surface area contributed by atoms with E-state index in [0.29, 0.717) is 30.5 Å². The van der Waals surface area contributed by atoms with Crippen molar-refractivity contribution in [2.45, 2.75) is 23.9 Å². The van der Waals surface area contributed by atoms with Crippen molar-refractivity contribution in [2.75, 3.05) is 16.6 Å². The fraction of sp³-hybridized carbons (Fsp3) is 0.174. The minimum Gasteiger partial charge on any atom is -0.494 e. The molecule has 0 bridgehead atoms. The van der Waals surface area contributed by atoms with Crippen molar-refractivity contribution in [3.8, 4) is 5.75 Å². The highest BCUT2D eigenvalue weighted by Gasteiger charge is 2.30. The van der Waals surface area contributed by atoms with Gasteiger partial charge in [-0.3, -0.25) is 9.52 Å². The largest absolute Gasteiger partial charge is 0.494 e. The Labute approximate surface area is 189 Å². The third kappa shape index (κ3) is 7.25. The number of para-hydroxylation sites is 1. The molecule has 0 atom stereocenters. The quantitative estimate of drug-likeness (QED) is 0.409. The first-order valence-electron chi connectivity index (χ1n) is 9.91. The van der Waals surface area contributed by atoms with Crippen LogP contribution >= 0.6 is 0 Å². The van der Waals surface area contributed by atoms with Crippen LogP contribution in [0.2, 0.25) is 0 Å². The molecule has 0 radical (unpaired) electrons. The second kappa shape index (κ2) is 10.4. The molecule has 0 aliphatic rings. The number of carbonyl (C=O) groups is 1. The number of rotatable bonds is 9. The number of amides is 1. The Morgan fingerprint density at radius 1 is 0.879 bits per heavy atom. The zero-order chi connectivity index (χ0) is 23.9. The number of hydrogen-bond donors (Lipinski definition) is 2. The molecule has 3 aromatic rings. The molecule has 0 fully saturated rings. The molecule has 0 saturated heterocycles. The average molecular weight is 478 g/mol. The first-order chi connectivity index (χ1) is 15.6. The molecule has 0 aliphatic heterocycles. The van der Waals surface area contributed by atoms with Gasteiger partial charge in [-0.1, -0.05) is 24.3 Å². The zero-order valence-electron chi connectivity index (χ0n) is 17.3. The molecule has 10 heteroatoms. The van der Waals surface area contributed by atoms with Crippen molar-refractivity contribution < 1.29 is 31.1 Å². The van der Waals surface area contributed by atoms with E-state index in [4.69, 9.17) is 4.74 Å².